The summed E-state index contributed by atoms with van der Waals surface area (Å²) in [5.41, 5.74) is 6.91. The molecular formula is C33H46N10O6. The van der Waals surface area contributed by atoms with Crippen molar-refractivity contribution < 1.29 is 29.0 Å². The van der Waals surface area contributed by atoms with Gasteiger partial charge in [0.15, 0.2) is 23.1 Å². The number of carbonyl (C=O) groups is 4. The zero-order valence-electron chi connectivity index (χ0n) is 29.4. The highest BCUT2D eigenvalue weighted by molar-refractivity contribution is 6.00. The molecule has 49 heavy (non-hydrogen) atoms. The molecule has 3 heterocycles. The molecule has 3 atom stereocenters. The average Bonchev–Trinajstić information content (AvgIpc) is 3.95. The number of aliphatic carboxylic acids is 1. The quantitative estimate of drug-likeness (QED) is 0.219. The third kappa shape index (κ3) is 8.86. The second kappa shape index (κ2) is 13.8. The van der Waals surface area contributed by atoms with Crippen LogP contribution in [0, 0.1) is 34.0 Å². The standard InChI is InChI=1S/C21H25N9O3.C6H11NO.C6H10O2/c1-21(2)9-12(21)19(31)26-15-8-13(16(28-27-15)20(32)22-3)25-18-17(33-5)11(6-7-23-18)14-10-24-30(4)29-14;2*1-6(2)3-4(6)5(7)8/h6-8,10,12H,9H2,1-5H3,(H,22,32)(H2,23,25,26,27,31);4H,3H2,1-2H3,(H2,7,8);4H,3H2,1-2H3,(H,7,8). The van der Waals surface area contributed by atoms with E-state index in [4.69, 9.17) is 15.6 Å². The number of aryl methyl sites for hydroxylation is 1. The second-order valence-electron chi connectivity index (χ2n) is 14.6. The fourth-order valence-corrected chi connectivity index (χ4v) is 5.35. The van der Waals surface area contributed by atoms with E-state index >= 15 is 0 Å². The van der Waals surface area contributed by atoms with Gasteiger partial charge in [0.1, 0.15) is 5.69 Å². The van der Waals surface area contributed by atoms with Crippen molar-refractivity contribution in [1.29, 1.82) is 0 Å². The van der Waals surface area contributed by atoms with Crippen molar-refractivity contribution in [1.82, 2.24) is 35.5 Å². The highest BCUT2D eigenvalue weighted by Gasteiger charge is 2.51. The molecule has 3 unspecified atom stereocenters. The van der Waals surface area contributed by atoms with Crippen molar-refractivity contribution in [2.24, 2.45) is 46.8 Å². The van der Waals surface area contributed by atoms with Crippen LogP contribution in [-0.4, -0.2) is 73.1 Å². The molecule has 3 aromatic rings. The van der Waals surface area contributed by atoms with Gasteiger partial charge in [0.2, 0.25) is 11.8 Å². The summed E-state index contributed by atoms with van der Waals surface area (Å²) in [5, 5.41) is 33.2. The lowest BCUT2D eigenvalue weighted by Crippen LogP contribution is -2.23. The molecule has 16 nitrogen and oxygen atoms in total. The number of carboxylic acids is 1. The van der Waals surface area contributed by atoms with E-state index in [1.807, 2.05) is 27.7 Å². The molecule has 0 aromatic carbocycles. The minimum atomic E-state index is -0.644. The highest BCUT2D eigenvalue weighted by Crippen LogP contribution is 2.52. The number of pyridine rings is 1. The molecule has 0 radical (unpaired) electrons. The summed E-state index contributed by atoms with van der Waals surface area (Å²) in [5.74, 6) is -0.400. The lowest BCUT2D eigenvalue weighted by molar-refractivity contribution is -0.139. The molecule has 6 rings (SSSR count). The Morgan fingerprint density at radius 1 is 0.980 bits per heavy atom. The van der Waals surface area contributed by atoms with Crippen molar-refractivity contribution >= 4 is 41.0 Å². The Morgan fingerprint density at radius 3 is 1.98 bits per heavy atom. The average molecular weight is 679 g/mol. The van der Waals surface area contributed by atoms with Crippen LogP contribution in [0.15, 0.2) is 24.5 Å². The van der Waals surface area contributed by atoms with Gasteiger partial charge in [-0.1, -0.05) is 41.5 Å². The molecule has 3 amide bonds. The van der Waals surface area contributed by atoms with Gasteiger partial charge < -0.3 is 31.5 Å². The molecular weight excluding hydrogens is 632 g/mol. The summed E-state index contributed by atoms with van der Waals surface area (Å²) in [6.45, 7) is 12.1. The van der Waals surface area contributed by atoms with Gasteiger partial charge in [-0.05, 0) is 41.6 Å². The second-order valence-corrected chi connectivity index (χ2v) is 14.6. The van der Waals surface area contributed by atoms with Gasteiger partial charge in [0.05, 0.1) is 30.5 Å². The first-order valence-corrected chi connectivity index (χ1v) is 15.9. The maximum Gasteiger partial charge on any atom is 0.307 e. The number of amides is 3. The Bertz CT molecular complexity index is 1720. The van der Waals surface area contributed by atoms with Crippen LogP contribution in [0.2, 0.25) is 0 Å². The molecule has 3 fully saturated rings. The minimum absolute atomic E-state index is 0.0291. The van der Waals surface area contributed by atoms with E-state index in [1.165, 1.54) is 19.0 Å². The number of nitrogens with zero attached hydrogens (tertiary/aromatic N) is 6. The fourth-order valence-electron chi connectivity index (χ4n) is 5.35. The first kappa shape index (κ1) is 36.7. The smallest absolute Gasteiger partial charge is 0.307 e. The molecule has 3 aliphatic carbocycles. The third-order valence-electron chi connectivity index (χ3n) is 9.22. The number of carboxylic acid groups (broad SMARTS) is 1. The maximum absolute atomic E-state index is 12.5. The van der Waals surface area contributed by atoms with Crippen LogP contribution in [0.4, 0.5) is 17.3 Å². The number of anilines is 3. The first-order chi connectivity index (χ1) is 22.8. The Kier molecular flexibility index (Phi) is 10.3. The van der Waals surface area contributed by atoms with Gasteiger partial charge in [-0.25, -0.2) is 4.98 Å². The fraction of sp³-hybridized carbons (Fsp3) is 0.545. The Hall–Kier alpha value is -5.15. The topological polar surface area (TPSA) is 229 Å². The van der Waals surface area contributed by atoms with Crippen molar-refractivity contribution in [2.45, 2.75) is 60.8 Å². The number of ether oxygens (including phenoxy) is 1. The lowest BCUT2D eigenvalue weighted by Gasteiger charge is -2.15. The van der Waals surface area contributed by atoms with Crippen LogP contribution in [0.1, 0.15) is 71.3 Å². The van der Waals surface area contributed by atoms with Gasteiger partial charge in [0, 0.05) is 38.2 Å². The number of methoxy groups -OCH3 is 1. The number of rotatable bonds is 9. The third-order valence-corrected chi connectivity index (χ3v) is 9.22. The highest BCUT2D eigenvalue weighted by atomic mass is 16.5. The summed E-state index contributed by atoms with van der Waals surface area (Å²) in [4.78, 5) is 51.3. The van der Waals surface area contributed by atoms with Gasteiger partial charge in [-0.15, -0.1) is 10.2 Å². The monoisotopic (exact) mass is 678 g/mol. The van der Waals surface area contributed by atoms with E-state index in [0.717, 1.165) is 19.3 Å². The van der Waals surface area contributed by atoms with E-state index in [-0.39, 0.29) is 57.3 Å². The predicted octanol–water partition coefficient (Wildman–Crippen LogP) is 3.40. The largest absolute Gasteiger partial charge is 0.492 e. The predicted molar refractivity (Wildman–Crippen MR) is 181 cm³/mol. The summed E-state index contributed by atoms with van der Waals surface area (Å²) >= 11 is 0. The molecule has 0 aliphatic heterocycles. The number of hydrogen-bond acceptors (Lipinski definition) is 11. The van der Waals surface area contributed by atoms with E-state index in [9.17, 15) is 19.2 Å². The van der Waals surface area contributed by atoms with Crippen LogP contribution in [0.25, 0.3) is 11.3 Å². The zero-order chi connectivity index (χ0) is 36.5. The molecule has 0 spiro atoms. The maximum atomic E-state index is 12.5. The van der Waals surface area contributed by atoms with Gasteiger partial charge >= 0.3 is 5.97 Å². The minimum Gasteiger partial charge on any atom is -0.492 e. The van der Waals surface area contributed by atoms with Crippen LogP contribution in [0.3, 0.4) is 0 Å². The molecule has 6 N–H and O–H groups in total. The summed E-state index contributed by atoms with van der Waals surface area (Å²) in [6, 6.07) is 3.29. The van der Waals surface area contributed by atoms with Gasteiger partial charge in [0.25, 0.3) is 5.91 Å². The van der Waals surface area contributed by atoms with Crippen molar-refractivity contribution in [3.8, 4) is 17.0 Å². The van der Waals surface area contributed by atoms with Gasteiger partial charge in [-0.3, -0.25) is 19.2 Å². The molecule has 3 saturated carbocycles. The number of hydrogen-bond donors (Lipinski definition) is 5. The molecule has 3 aliphatic rings. The molecule has 0 bridgehead atoms. The number of primary amides is 1. The molecule has 0 saturated heterocycles. The van der Waals surface area contributed by atoms with E-state index < -0.39 is 11.9 Å². The number of nitrogens with two attached hydrogens (primary N) is 1. The first-order valence-electron chi connectivity index (χ1n) is 15.9. The summed E-state index contributed by atoms with van der Waals surface area (Å²) < 4.78 is 5.59. The van der Waals surface area contributed by atoms with Crippen LogP contribution >= 0.6 is 0 Å². The Labute approximate surface area is 285 Å². The Balaban J connectivity index is 0.000000275. The van der Waals surface area contributed by atoms with Crippen molar-refractivity contribution in [3.05, 3.63) is 30.2 Å². The SMILES string of the molecule is CC1(C)CC1C(=O)O.CC1(C)CC1C(N)=O.CNC(=O)c1nnc(NC(=O)C2CC2(C)C)cc1Nc1nccc(-c2cnn(C)n2)c1OC. The molecule has 264 valence electrons. The van der Waals surface area contributed by atoms with Crippen LogP contribution in [0.5, 0.6) is 5.75 Å². The lowest BCUT2D eigenvalue weighted by atomic mass is 10.1. The Morgan fingerprint density at radius 2 is 1.57 bits per heavy atom. The van der Waals surface area contributed by atoms with E-state index in [0.29, 0.717) is 28.5 Å². The van der Waals surface area contributed by atoms with E-state index in [1.54, 1.807) is 31.6 Å². The summed E-state index contributed by atoms with van der Waals surface area (Å²) in [6.07, 6.45) is 5.83. The zero-order valence-corrected chi connectivity index (χ0v) is 29.4. The van der Waals surface area contributed by atoms with Crippen LogP contribution in [-0.2, 0) is 21.4 Å². The molecule has 16 heteroatoms. The van der Waals surface area contributed by atoms with Crippen molar-refractivity contribution in [2.75, 3.05) is 24.8 Å². The van der Waals surface area contributed by atoms with E-state index in [2.05, 4.69) is 55.2 Å². The van der Waals surface area contributed by atoms with Crippen LogP contribution < -0.4 is 26.4 Å². The normalized spacial score (nSPS) is 21.3. The number of carbonyl (C=O) groups excluding carboxylic acids is 3. The number of aromatic nitrogens is 6. The van der Waals surface area contributed by atoms with Crippen molar-refractivity contribution in [3.63, 3.8) is 0 Å². The van der Waals surface area contributed by atoms with Gasteiger partial charge in [-0.2, -0.15) is 15.0 Å². The number of nitrogens with one attached hydrogen (secondary N) is 3. The molecule has 3 aromatic heterocycles. The summed E-state index contributed by atoms with van der Waals surface area (Å²) in [7, 11) is 4.72.